The van der Waals surface area contributed by atoms with Gasteiger partial charge in [0.15, 0.2) is 0 Å². The summed E-state index contributed by atoms with van der Waals surface area (Å²) in [6.07, 6.45) is 4.46. The van der Waals surface area contributed by atoms with Crippen LogP contribution in [0.2, 0.25) is 5.02 Å². The summed E-state index contributed by atoms with van der Waals surface area (Å²) >= 11 is 6.12. The summed E-state index contributed by atoms with van der Waals surface area (Å²) in [5.41, 5.74) is 8.30. The Morgan fingerprint density at radius 2 is 2.05 bits per heavy atom. The van der Waals surface area contributed by atoms with Crippen molar-refractivity contribution in [3.05, 3.63) is 28.8 Å². The minimum atomic E-state index is 0.546. The normalized spacial score (nSPS) is 12.5. The van der Waals surface area contributed by atoms with Crippen LogP contribution in [-0.2, 0) is 6.42 Å². The third kappa shape index (κ3) is 4.70. The zero-order valence-corrected chi connectivity index (χ0v) is 13.2. The Morgan fingerprint density at radius 1 is 1.32 bits per heavy atom. The molecule has 2 nitrogen and oxygen atoms in total. The second kappa shape index (κ2) is 8.44. The van der Waals surface area contributed by atoms with Crippen LogP contribution in [0.1, 0.15) is 45.6 Å². The van der Waals surface area contributed by atoms with E-state index in [0.29, 0.717) is 12.6 Å². The summed E-state index contributed by atoms with van der Waals surface area (Å²) in [5, 5.41) is 0.798. The van der Waals surface area contributed by atoms with Crippen LogP contribution in [-0.4, -0.2) is 19.1 Å². The van der Waals surface area contributed by atoms with Crippen LogP contribution < -0.4 is 10.6 Å². The summed E-state index contributed by atoms with van der Waals surface area (Å²) in [4.78, 5) is 2.50. The van der Waals surface area contributed by atoms with Crippen molar-refractivity contribution in [3.8, 4) is 0 Å². The number of benzene rings is 1. The summed E-state index contributed by atoms with van der Waals surface area (Å²) in [6.45, 7) is 8.52. The maximum atomic E-state index is 6.12. The van der Waals surface area contributed by atoms with Gasteiger partial charge in [0.1, 0.15) is 0 Å². The zero-order valence-electron chi connectivity index (χ0n) is 12.5. The molecule has 0 aliphatic rings. The Kier molecular flexibility index (Phi) is 7.25. The first-order valence-electron chi connectivity index (χ1n) is 7.39. The van der Waals surface area contributed by atoms with Gasteiger partial charge >= 0.3 is 0 Å². The number of nitrogens with two attached hydrogens (primary N) is 1. The Bertz CT molecular complexity index is 379. The zero-order chi connectivity index (χ0) is 14.3. The minimum Gasteiger partial charge on any atom is -0.369 e. The first kappa shape index (κ1) is 16.3. The molecule has 19 heavy (non-hydrogen) atoms. The van der Waals surface area contributed by atoms with Crippen molar-refractivity contribution in [2.75, 3.05) is 18.0 Å². The van der Waals surface area contributed by atoms with Crippen molar-refractivity contribution >= 4 is 17.3 Å². The molecular weight excluding hydrogens is 256 g/mol. The fourth-order valence-electron chi connectivity index (χ4n) is 2.32. The van der Waals surface area contributed by atoms with Gasteiger partial charge in [0.05, 0.1) is 0 Å². The van der Waals surface area contributed by atoms with E-state index >= 15 is 0 Å². The minimum absolute atomic E-state index is 0.546. The third-order valence-corrected chi connectivity index (χ3v) is 3.88. The van der Waals surface area contributed by atoms with Gasteiger partial charge in [-0.05, 0) is 56.5 Å². The Morgan fingerprint density at radius 3 is 2.63 bits per heavy atom. The first-order valence-corrected chi connectivity index (χ1v) is 7.76. The molecule has 108 valence electrons. The number of hydrogen-bond donors (Lipinski definition) is 1. The second-order valence-electron chi connectivity index (χ2n) is 5.12. The maximum Gasteiger partial charge on any atom is 0.0410 e. The molecule has 1 aromatic rings. The van der Waals surface area contributed by atoms with Crippen molar-refractivity contribution in [1.29, 1.82) is 0 Å². The van der Waals surface area contributed by atoms with Crippen LogP contribution in [0.5, 0.6) is 0 Å². The number of hydrogen-bond acceptors (Lipinski definition) is 2. The molecular formula is C16H27ClN2. The van der Waals surface area contributed by atoms with Gasteiger partial charge in [-0.1, -0.05) is 31.9 Å². The highest BCUT2D eigenvalue weighted by Gasteiger charge is 2.15. The predicted octanol–water partition coefficient (Wildman–Crippen LogP) is 4.25. The molecule has 0 heterocycles. The van der Waals surface area contributed by atoms with Crippen LogP contribution in [0.3, 0.4) is 0 Å². The molecule has 0 fully saturated rings. The molecule has 2 N–H and O–H groups in total. The van der Waals surface area contributed by atoms with Crippen LogP contribution in [0.4, 0.5) is 5.69 Å². The molecule has 1 aromatic carbocycles. The summed E-state index contributed by atoms with van der Waals surface area (Å²) in [7, 11) is 0. The number of unbranched alkanes of at least 4 members (excludes halogenated alkanes) is 1. The summed E-state index contributed by atoms with van der Waals surface area (Å²) in [6, 6.07) is 6.74. The van der Waals surface area contributed by atoms with Gasteiger partial charge in [-0.3, -0.25) is 0 Å². The number of rotatable bonds is 8. The van der Waals surface area contributed by atoms with Gasteiger partial charge in [0, 0.05) is 23.3 Å². The van der Waals surface area contributed by atoms with Crippen molar-refractivity contribution in [2.45, 2.75) is 52.5 Å². The molecule has 3 heteroatoms. The van der Waals surface area contributed by atoms with Gasteiger partial charge in [-0.15, -0.1) is 0 Å². The summed E-state index contributed by atoms with van der Waals surface area (Å²) < 4.78 is 0. The Balaban J connectivity index is 3.05. The lowest BCUT2D eigenvalue weighted by molar-refractivity contribution is 0.593. The average Bonchev–Trinajstić information content (AvgIpc) is 2.41. The largest absolute Gasteiger partial charge is 0.369 e. The Hall–Kier alpha value is -0.730. The molecule has 0 aliphatic heterocycles. The van der Waals surface area contributed by atoms with Gasteiger partial charge in [0.2, 0.25) is 0 Å². The molecule has 0 aromatic heterocycles. The second-order valence-corrected chi connectivity index (χ2v) is 5.55. The average molecular weight is 283 g/mol. The number of halogens is 1. The lowest BCUT2D eigenvalue weighted by Gasteiger charge is -2.32. The highest BCUT2D eigenvalue weighted by Crippen LogP contribution is 2.27. The highest BCUT2D eigenvalue weighted by molar-refractivity contribution is 6.30. The molecule has 0 amide bonds. The number of nitrogens with zero attached hydrogens (tertiary/aromatic N) is 1. The lowest BCUT2D eigenvalue weighted by Crippen LogP contribution is -2.34. The van der Waals surface area contributed by atoms with Gasteiger partial charge < -0.3 is 10.6 Å². The molecule has 0 bridgehead atoms. The Labute approximate surface area is 122 Å². The van der Waals surface area contributed by atoms with E-state index in [1.165, 1.54) is 24.1 Å². The van der Waals surface area contributed by atoms with E-state index in [1.54, 1.807) is 0 Å². The van der Waals surface area contributed by atoms with Crippen LogP contribution in [0.15, 0.2) is 18.2 Å². The smallest absolute Gasteiger partial charge is 0.0410 e. The molecule has 0 radical (unpaired) electrons. The molecule has 0 spiro atoms. The fourth-order valence-corrected chi connectivity index (χ4v) is 2.51. The van der Waals surface area contributed by atoms with E-state index in [1.807, 2.05) is 6.07 Å². The van der Waals surface area contributed by atoms with E-state index in [0.717, 1.165) is 24.4 Å². The molecule has 0 aliphatic carbocycles. The summed E-state index contributed by atoms with van der Waals surface area (Å²) in [5.74, 6) is 0. The van der Waals surface area contributed by atoms with Gasteiger partial charge in [0.25, 0.3) is 0 Å². The van der Waals surface area contributed by atoms with Crippen molar-refractivity contribution in [3.63, 3.8) is 0 Å². The van der Waals surface area contributed by atoms with Crippen LogP contribution in [0, 0.1) is 0 Å². The molecule has 1 unspecified atom stereocenters. The molecule has 1 rings (SSSR count). The lowest BCUT2D eigenvalue weighted by atomic mass is 10.1. The van der Waals surface area contributed by atoms with Gasteiger partial charge in [-0.25, -0.2) is 0 Å². The SMILES string of the molecule is CCCCN(c1ccc(Cl)cc1CCN)C(C)CC. The fraction of sp³-hybridized carbons (Fsp3) is 0.625. The first-order chi connectivity index (χ1) is 9.13. The topological polar surface area (TPSA) is 29.3 Å². The van der Waals surface area contributed by atoms with E-state index in [9.17, 15) is 0 Å². The van der Waals surface area contributed by atoms with Crippen LogP contribution in [0.25, 0.3) is 0 Å². The van der Waals surface area contributed by atoms with E-state index in [4.69, 9.17) is 17.3 Å². The molecule has 1 atom stereocenters. The quantitative estimate of drug-likeness (QED) is 0.772. The molecule has 0 saturated carbocycles. The van der Waals surface area contributed by atoms with Crippen LogP contribution >= 0.6 is 11.6 Å². The van der Waals surface area contributed by atoms with E-state index in [-0.39, 0.29) is 0 Å². The maximum absolute atomic E-state index is 6.12. The molecule has 0 saturated heterocycles. The van der Waals surface area contributed by atoms with Crippen molar-refractivity contribution < 1.29 is 0 Å². The van der Waals surface area contributed by atoms with E-state index < -0.39 is 0 Å². The standard InChI is InChI=1S/C16H27ClN2/c1-4-6-11-19(13(3)5-2)16-8-7-15(17)12-14(16)9-10-18/h7-8,12-13H,4-6,9-11,18H2,1-3H3. The highest BCUT2D eigenvalue weighted by atomic mass is 35.5. The van der Waals surface area contributed by atoms with Crippen molar-refractivity contribution in [2.24, 2.45) is 5.73 Å². The van der Waals surface area contributed by atoms with E-state index in [2.05, 4.69) is 37.8 Å². The van der Waals surface area contributed by atoms with Gasteiger partial charge in [-0.2, -0.15) is 0 Å². The number of anilines is 1. The third-order valence-electron chi connectivity index (χ3n) is 3.64. The predicted molar refractivity (Wildman–Crippen MR) is 86.2 cm³/mol. The van der Waals surface area contributed by atoms with Crippen molar-refractivity contribution in [1.82, 2.24) is 0 Å². The monoisotopic (exact) mass is 282 g/mol.